The molecule has 0 saturated heterocycles. The number of furan rings is 1. The van der Waals surface area contributed by atoms with E-state index in [4.69, 9.17) is 4.42 Å². The number of rotatable bonds is 7. The van der Waals surface area contributed by atoms with Gasteiger partial charge in [0.15, 0.2) is 0 Å². The first-order valence-electron chi connectivity index (χ1n) is 16.5. The molecule has 0 N–H and O–H groups in total. The summed E-state index contributed by atoms with van der Waals surface area (Å²) >= 11 is 0. The van der Waals surface area contributed by atoms with Crippen molar-refractivity contribution in [3.8, 4) is 39.1 Å². The molecule has 4 heteroatoms. The minimum atomic E-state index is 0.905. The lowest BCUT2D eigenvalue weighted by Gasteiger charge is -2.26. The van der Waals surface area contributed by atoms with Gasteiger partial charge in [-0.25, -0.2) is 4.68 Å². The molecular formula is C45H31N3O. The van der Waals surface area contributed by atoms with Gasteiger partial charge in [0.2, 0.25) is 0 Å². The zero-order chi connectivity index (χ0) is 32.6. The maximum atomic E-state index is 6.36. The molecular weight excluding hydrogens is 599 g/mol. The van der Waals surface area contributed by atoms with Gasteiger partial charge in [-0.15, -0.1) is 0 Å². The molecule has 2 aromatic heterocycles. The van der Waals surface area contributed by atoms with Crippen LogP contribution in [0.4, 0.5) is 17.1 Å². The van der Waals surface area contributed by atoms with Crippen molar-refractivity contribution >= 4 is 39.0 Å². The lowest BCUT2D eigenvalue weighted by molar-refractivity contribution is 0.670. The molecule has 9 rings (SSSR count). The molecule has 7 aromatic carbocycles. The highest BCUT2D eigenvalue weighted by Gasteiger charge is 2.16. The summed E-state index contributed by atoms with van der Waals surface area (Å²) < 4.78 is 8.23. The van der Waals surface area contributed by atoms with E-state index in [2.05, 4.69) is 162 Å². The Morgan fingerprint density at radius 3 is 1.59 bits per heavy atom. The fraction of sp³-hybridized carbons (Fsp3) is 0. The van der Waals surface area contributed by atoms with E-state index in [0.717, 1.165) is 55.8 Å². The number of aromatic nitrogens is 2. The van der Waals surface area contributed by atoms with Gasteiger partial charge in [-0.3, -0.25) is 0 Å². The van der Waals surface area contributed by atoms with E-state index in [1.165, 1.54) is 22.3 Å². The van der Waals surface area contributed by atoms with Gasteiger partial charge < -0.3 is 9.32 Å². The molecule has 0 unspecified atom stereocenters. The fourth-order valence-electron chi connectivity index (χ4n) is 6.68. The molecule has 0 aliphatic heterocycles. The summed E-state index contributed by atoms with van der Waals surface area (Å²) in [4.78, 5) is 2.29. The zero-order valence-corrected chi connectivity index (χ0v) is 26.6. The first-order chi connectivity index (χ1) is 24.3. The molecule has 4 nitrogen and oxygen atoms in total. The predicted molar refractivity (Wildman–Crippen MR) is 202 cm³/mol. The van der Waals surface area contributed by atoms with E-state index in [-0.39, 0.29) is 0 Å². The molecule has 232 valence electrons. The van der Waals surface area contributed by atoms with Gasteiger partial charge in [-0.1, -0.05) is 115 Å². The predicted octanol–water partition coefficient (Wildman–Crippen LogP) is 12.2. The Balaban J connectivity index is 1.07. The van der Waals surface area contributed by atoms with Crippen molar-refractivity contribution in [2.45, 2.75) is 0 Å². The summed E-state index contributed by atoms with van der Waals surface area (Å²) in [7, 11) is 0. The van der Waals surface area contributed by atoms with E-state index in [1.54, 1.807) is 6.20 Å². The topological polar surface area (TPSA) is 34.2 Å². The summed E-state index contributed by atoms with van der Waals surface area (Å²) in [5, 5.41) is 6.67. The van der Waals surface area contributed by atoms with Crippen LogP contribution in [0.5, 0.6) is 0 Å². The average Bonchev–Trinajstić information content (AvgIpc) is 3.86. The molecule has 49 heavy (non-hydrogen) atoms. The van der Waals surface area contributed by atoms with Crippen LogP contribution in [-0.2, 0) is 0 Å². The number of hydrogen-bond acceptors (Lipinski definition) is 3. The van der Waals surface area contributed by atoms with Crippen LogP contribution in [0.15, 0.2) is 193 Å². The third-order valence-corrected chi connectivity index (χ3v) is 9.17. The molecule has 0 fully saturated rings. The van der Waals surface area contributed by atoms with E-state index in [0.29, 0.717) is 0 Å². The summed E-state index contributed by atoms with van der Waals surface area (Å²) in [5.74, 6) is 0. The largest absolute Gasteiger partial charge is 0.455 e. The highest BCUT2D eigenvalue weighted by atomic mass is 16.3. The van der Waals surface area contributed by atoms with Crippen molar-refractivity contribution in [1.82, 2.24) is 9.78 Å². The molecule has 0 radical (unpaired) electrons. The van der Waals surface area contributed by atoms with Gasteiger partial charge in [0.1, 0.15) is 11.2 Å². The first kappa shape index (κ1) is 28.6. The molecule has 0 aliphatic rings. The third kappa shape index (κ3) is 5.35. The van der Waals surface area contributed by atoms with Crippen LogP contribution < -0.4 is 4.90 Å². The molecule has 9 aromatic rings. The molecule has 0 aliphatic carbocycles. The average molecular weight is 630 g/mol. The lowest BCUT2D eigenvalue weighted by Crippen LogP contribution is -2.10. The Bertz CT molecular complexity index is 2500. The Labute approximate surface area is 284 Å². The molecule has 0 bridgehead atoms. The second-order valence-electron chi connectivity index (χ2n) is 12.1. The van der Waals surface area contributed by atoms with Gasteiger partial charge >= 0.3 is 0 Å². The maximum absolute atomic E-state index is 6.36. The molecule has 0 spiro atoms. The van der Waals surface area contributed by atoms with E-state index in [1.807, 2.05) is 35.1 Å². The summed E-state index contributed by atoms with van der Waals surface area (Å²) in [5.41, 5.74) is 13.0. The Morgan fingerprint density at radius 2 is 0.959 bits per heavy atom. The SMILES string of the molecule is c1ccc(-c2ccc(-c3ccc(N(c4ccc(-c5cccc6c5oc5ccccc56)cc4)c4ccc(-n5cccn5)cc4)cc3)cc2)cc1. The van der Waals surface area contributed by atoms with Gasteiger partial charge in [-0.05, 0) is 88.5 Å². The van der Waals surface area contributed by atoms with Crippen LogP contribution in [0.3, 0.4) is 0 Å². The third-order valence-electron chi connectivity index (χ3n) is 9.17. The summed E-state index contributed by atoms with van der Waals surface area (Å²) in [6, 6.07) is 61.9. The van der Waals surface area contributed by atoms with Crippen LogP contribution in [0.1, 0.15) is 0 Å². The number of fused-ring (bicyclic) bond motifs is 3. The van der Waals surface area contributed by atoms with E-state index >= 15 is 0 Å². The summed E-state index contributed by atoms with van der Waals surface area (Å²) in [6.45, 7) is 0. The van der Waals surface area contributed by atoms with Gasteiger partial charge in [-0.2, -0.15) is 5.10 Å². The van der Waals surface area contributed by atoms with Crippen molar-refractivity contribution in [3.05, 3.63) is 188 Å². The second kappa shape index (κ2) is 12.2. The lowest BCUT2D eigenvalue weighted by atomic mass is 10.00. The highest BCUT2D eigenvalue weighted by Crippen LogP contribution is 2.39. The fourth-order valence-corrected chi connectivity index (χ4v) is 6.68. The number of anilines is 3. The molecule has 0 atom stereocenters. The van der Waals surface area contributed by atoms with Gasteiger partial charge in [0.05, 0.1) is 5.69 Å². The molecule has 0 saturated carbocycles. The Hall–Kier alpha value is -6.65. The van der Waals surface area contributed by atoms with Gasteiger partial charge in [0.25, 0.3) is 0 Å². The highest BCUT2D eigenvalue weighted by molar-refractivity contribution is 6.09. The van der Waals surface area contributed by atoms with Gasteiger partial charge in [0, 0.05) is 45.8 Å². The van der Waals surface area contributed by atoms with Crippen molar-refractivity contribution in [1.29, 1.82) is 0 Å². The smallest absolute Gasteiger partial charge is 0.143 e. The van der Waals surface area contributed by atoms with Crippen LogP contribution in [0, 0.1) is 0 Å². The number of hydrogen-bond donors (Lipinski definition) is 0. The van der Waals surface area contributed by atoms with E-state index in [9.17, 15) is 0 Å². The first-order valence-corrected chi connectivity index (χ1v) is 16.5. The number of para-hydroxylation sites is 2. The van der Waals surface area contributed by atoms with Crippen molar-refractivity contribution < 1.29 is 4.42 Å². The van der Waals surface area contributed by atoms with E-state index < -0.39 is 0 Å². The normalized spacial score (nSPS) is 11.3. The minimum Gasteiger partial charge on any atom is -0.455 e. The second-order valence-corrected chi connectivity index (χ2v) is 12.1. The monoisotopic (exact) mass is 629 g/mol. The van der Waals surface area contributed by atoms with Crippen LogP contribution >= 0.6 is 0 Å². The van der Waals surface area contributed by atoms with Crippen LogP contribution in [-0.4, -0.2) is 9.78 Å². The minimum absolute atomic E-state index is 0.905. The van der Waals surface area contributed by atoms with Crippen LogP contribution in [0.2, 0.25) is 0 Å². The zero-order valence-electron chi connectivity index (χ0n) is 26.6. The van der Waals surface area contributed by atoms with Crippen molar-refractivity contribution in [3.63, 3.8) is 0 Å². The number of nitrogens with zero attached hydrogens (tertiary/aromatic N) is 3. The maximum Gasteiger partial charge on any atom is 0.143 e. The molecule has 2 heterocycles. The number of benzene rings is 7. The van der Waals surface area contributed by atoms with Crippen molar-refractivity contribution in [2.75, 3.05) is 4.90 Å². The molecule has 0 amide bonds. The summed E-state index contributed by atoms with van der Waals surface area (Å²) in [6.07, 6.45) is 3.75. The quantitative estimate of drug-likeness (QED) is 0.176. The van der Waals surface area contributed by atoms with Crippen molar-refractivity contribution in [2.24, 2.45) is 0 Å². The Morgan fingerprint density at radius 1 is 0.429 bits per heavy atom. The van der Waals surface area contributed by atoms with Crippen LogP contribution in [0.25, 0.3) is 61.0 Å². The standard InChI is InChI=1S/C45H31N3O/c1-2-8-32(9-3-1)33-14-16-34(17-15-33)35-18-22-38(23-19-35)48(40-28-26-37(27-29-40)47-31-7-30-46-47)39-24-20-36(21-25-39)41-11-6-12-43-42-10-4-5-13-44(42)49-45(41)43/h1-31H. The Kier molecular flexibility index (Phi) is 7.10.